The summed E-state index contributed by atoms with van der Waals surface area (Å²) in [5.74, 6) is 0. The van der Waals surface area contributed by atoms with Gasteiger partial charge in [-0.2, -0.15) is 0 Å². The molecule has 0 nitrogen and oxygen atoms in total. The van der Waals surface area contributed by atoms with Crippen LogP contribution in [0.1, 0.15) is 19.4 Å². The van der Waals surface area contributed by atoms with Gasteiger partial charge in [0.25, 0.3) is 0 Å². The van der Waals surface area contributed by atoms with E-state index in [2.05, 4.69) is 69.0 Å². The van der Waals surface area contributed by atoms with Crippen LogP contribution in [0.5, 0.6) is 0 Å². The molecule has 0 fully saturated rings. The van der Waals surface area contributed by atoms with Crippen LogP contribution in [0.2, 0.25) is 0 Å². The van der Waals surface area contributed by atoms with Gasteiger partial charge < -0.3 is 0 Å². The fourth-order valence-electron chi connectivity index (χ4n) is 1.62. The van der Waals surface area contributed by atoms with Crippen molar-refractivity contribution in [2.45, 2.75) is 20.8 Å². The van der Waals surface area contributed by atoms with Gasteiger partial charge in [0.2, 0.25) is 0 Å². The third-order valence-corrected chi connectivity index (χ3v) is 2.86. The minimum absolute atomic E-state index is 1.27. The van der Waals surface area contributed by atoms with Crippen LogP contribution in [-0.2, 0) is 0 Å². The first kappa shape index (κ1) is 15.0. The normalized spacial score (nSPS) is 11.2. The van der Waals surface area contributed by atoms with Crippen molar-refractivity contribution in [3.63, 3.8) is 0 Å². The molecule has 0 amide bonds. The van der Waals surface area contributed by atoms with Gasteiger partial charge in [-0.25, -0.2) is 0 Å². The molecule has 0 aliphatic rings. The predicted octanol–water partition coefficient (Wildman–Crippen LogP) is 5.84. The number of fused-ring (bicyclic) bond motifs is 1. The fraction of sp³-hybridized carbons (Fsp3) is 0.158. The molecule has 98 valence electrons. The summed E-state index contributed by atoms with van der Waals surface area (Å²) in [6.07, 6.45) is 7.77. The van der Waals surface area contributed by atoms with E-state index in [9.17, 15) is 0 Å². The van der Waals surface area contributed by atoms with Crippen LogP contribution < -0.4 is 0 Å². The van der Waals surface area contributed by atoms with Crippen LogP contribution in [0.25, 0.3) is 10.8 Å². The van der Waals surface area contributed by atoms with Crippen LogP contribution in [0.3, 0.4) is 0 Å². The Morgan fingerprint density at radius 2 is 1.74 bits per heavy atom. The Kier molecular flexibility index (Phi) is 6.38. The molecule has 2 aromatic rings. The highest BCUT2D eigenvalue weighted by molar-refractivity contribution is 5.82. The molecule has 0 saturated heterocycles. The number of hydrogen-bond acceptors (Lipinski definition) is 0. The van der Waals surface area contributed by atoms with Crippen LogP contribution in [0.4, 0.5) is 0 Å². The summed E-state index contributed by atoms with van der Waals surface area (Å²) in [6, 6.07) is 14.9. The summed E-state index contributed by atoms with van der Waals surface area (Å²) in [5.41, 5.74) is 2.59. The maximum atomic E-state index is 3.55. The minimum Gasteiger partial charge on any atom is -0.0991 e. The quantitative estimate of drug-likeness (QED) is 0.587. The van der Waals surface area contributed by atoms with E-state index in [1.54, 1.807) is 6.08 Å². The fourth-order valence-corrected chi connectivity index (χ4v) is 1.62. The smallest absolute Gasteiger partial charge is 0.0181 e. The van der Waals surface area contributed by atoms with Crippen LogP contribution in [0.15, 0.2) is 78.9 Å². The molecular formula is C19H22. The molecule has 0 N–H and O–H groups in total. The molecular weight excluding hydrogens is 228 g/mol. The van der Waals surface area contributed by atoms with E-state index < -0.39 is 0 Å². The van der Waals surface area contributed by atoms with Crippen LogP contribution >= 0.6 is 0 Å². The average Bonchev–Trinajstić information content (AvgIpc) is 2.45. The maximum absolute atomic E-state index is 3.55. The highest BCUT2D eigenvalue weighted by atomic mass is 13.9. The Hall–Kier alpha value is -2.08. The highest BCUT2D eigenvalue weighted by Gasteiger charge is 1.89. The Bertz CT molecular complexity index is 586. The molecule has 0 aliphatic carbocycles. The predicted molar refractivity (Wildman–Crippen MR) is 87.5 cm³/mol. The van der Waals surface area contributed by atoms with Gasteiger partial charge in [-0.15, -0.1) is 0 Å². The van der Waals surface area contributed by atoms with Crippen LogP contribution in [0, 0.1) is 6.92 Å². The zero-order valence-corrected chi connectivity index (χ0v) is 12.1. The van der Waals surface area contributed by atoms with Crippen molar-refractivity contribution >= 4 is 10.8 Å². The van der Waals surface area contributed by atoms with Gasteiger partial charge in [0.1, 0.15) is 0 Å². The van der Waals surface area contributed by atoms with E-state index in [0.717, 1.165) is 0 Å². The number of benzene rings is 2. The van der Waals surface area contributed by atoms with Gasteiger partial charge in [-0.1, -0.05) is 84.5 Å². The second-order valence-electron chi connectivity index (χ2n) is 4.48. The van der Waals surface area contributed by atoms with Crippen molar-refractivity contribution in [2.75, 3.05) is 0 Å². The third-order valence-electron chi connectivity index (χ3n) is 2.86. The Balaban J connectivity index is 0.000000203. The number of hydrogen-bond donors (Lipinski definition) is 0. The third kappa shape index (κ3) is 5.39. The summed E-state index contributed by atoms with van der Waals surface area (Å²) in [6.45, 7) is 9.74. The van der Waals surface area contributed by atoms with Crippen molar-refractivity contribution in [2.24, 2.45) is 0 Å². The van der Waals surface area contributed by atoms with Crippen molar-refractivity contribution < 1.29 is 0 Å². The molecule has 19 heavy (non-hydrogen) atoms. The SMILES string of the molecule is C=C/C=C\C(C)=C/C.Cc1ccc2ccccc2c1. The van der Waals surface area contributed by atoms with E-state index in [0.29, 0.717) is 0 Å². The van der Waals surface area contributed by atoms with E-state index in [-0.39, 0.29) is 0 Å². The number of rotatable bonds is 2. The van der Waals surface area contributed by atoms with Crippen molar-refractivity contribution in [1.82, 2.24) is 0 Å². The first-order valence-electron chi connectivity index (χ1n) is 6.54. The Labute approximate surface area is 116 Å². The molecule has 0 aromatic heterocycles. The van der Waals surface area contributed by atoms with E-state index >= 15 is 0 Å². The van der Waals surface area contributed by atoms with Crippen molar-refractivity contribution in [1.29, 1.82) is 0 Å². The number of aryl methyl sites for hydroxylation is 1. The summed E-state index contributed by atoms with van der Waals surface area (Å²) in [5, 5.41) is 2.64. The van der Waals surface area contributed by atoms with E-state index in [1.807, 2.05) is 19.1 Å². The molecule has 0 saturated carbocycles. The van der Waals surface area contributed by atoms with Gasteiger partial charge in [-0.3, -0.25) is 0 Å². The van der Waals surface area contributed by atoms with Gasteiger partial charge in [-0.05, 0) is 31.5 Å². The lowest BCUT2D eigenvalue weighted by atomic mass is 10.1. The Morgan fingerprint density at radius 3 is 2.37 bits per heavy atom. The molecule has 2 rings (SSSR count). The van der Waals surface area contributed by atoms with Crippen molar-refractivity contribution in [3.05, 3.63) is 84.5 Å². The Morgan fingerprint density at radius 1 is 1.05 bits per heavy atom. The summed E-state index contributed by atoms with van der Waals surface area (Å²) in [4.78, 5) is 0. The summed E-state index contributed by atoms with van der Waals surface area (Å²) < 4.78 is 0. The molecule has 0 spiro atoms. The molecule has 0 aliphatic heterocycles. The lowest BCUT2D eigenvalue weighted by molar-refractivity contribution is 1.48. The molecule has 0 radical (unpaired) electrons. The monoisotopic (exact) mass is 250 g/mol. The van der Waals surface area contributed by atoms with Gasteiger partial charge >= 0.3 is 0 Å². The minimum atomic E-state index is 1.27. The lowest BCUT2D eigenvalue weighted by Crippen LogP contribution is -1.73. The zero-order valence-electron chi connectivity index (χ0n) is 12.1. The zero-order chi connectivity index (χ0) is 14.1. The standard InChI is InChI=1S/C11H10.C8H12/c1-9-6-7-10-4-2-3-5-11(10)8-9;1-4-6-7-8(3)5-2/h2-8H,1H3;4-7H,1H2,2-3H3/b;7-6-,8-5-. The van der Waals surface area contributed by atoms with Crippen LogP contribution in [-0.4, -0.2) is 0 Å². The first-order valence-corrected chi connectivity index (χ1v) is 6.54. The van der Waals surface area contributed by atoms with Gasteiger partial charge in [0.15, 0.2) is 0 Å². The van der Waals surface area contributed by atoms with Gasteiger partial charge in [0, 0.05) is 0 Å². The largest absolute Gasteiger partial charge is 0.0991 e. The molecule has 0 unspecified atom stereocenters. The molecule has 0 heterocycles. The summed E-state index contributed by atoms with van der Waals surface area (Å²) in [7, 11) is 0. The number of allylic oxidation sites excluding steroid dienone is 5. The summed E-state index contributed by atoms with van der Waals surface area (Å²) >= 11 is 0. The molecule has 0 atom stereocenters. The van der Waals surface area contributed by atoms with Crippen molar-refractivity contribution in [3.8, 4) is 0 Å². The van der Waals surface area contributed by atoms with E-state index in [1.165, 1.54) is 21.9 Å². The topological polar surface area (TPSA) is 0 Å². The average molecular weight is 250 g/mol. The van der Waals surface area contributed by atoms with E-state index in [4.69, 9.17) is 0 Å². The second kappa shape index (κ2) is 8.10. The first-order chi connectivity index (χ1) is 9.17. The molecule has 2 aromatic carbocycles. The van der Waals surface area contributed by atoms with Gasteiger partial charge in [0.05, 0.1) is 0 Å². The maximum Gasteiger partial charge on any atom is -0.0181 e. The molecule has 0 bridgehead atoms. The molecule has 0 heteroatoms. The lowest BCUT2D eigenvalue weighted by Gasteiger charge is -1.96. The highest BCUT2D eigenvalue weighted by Crippen LogP contribution is 2.14. The second-order valence-corrected chi connectivity index (χ2v) is 4.48.